The predicted molar refractivity (Wildman–Crippen MR) is 95.6 cm³/mol. The summed E-state index contributed by atoms with van der Waals surface area (Å²) in [5, 5.41) is 9.67. The summed E-state index contributed by atoms with van der Waals surface area (Å²) in [6.07, 6.45) is 0. The molecule has 0 saturated heterocycles. The van der Waals surface area contributed by atoms with Crippen molar-refractivity contribution >= 4 is 12.6 Å². The van der Waals surface area contributed by atoms with Gasteiger partial charge < -0.3 is 5.11 Å². The Morgan fingerprint density at radius 1 is 0.864 bits per heavy atom. The number of phenols is 1. The first kappa shape index (κ1) is 14.7. The Bertz CT molecular complexity index is 781. The van der Waals surface area contributed by atoms with Gasteiger partial charge in [-0.25, -0.2) is 0 Å². The number of hydrogen-bond donors (Lipinski definition) is 2. The summed E-state index contributed by atoms with van der Waals surface area (Å²) < 4.78 is 0. The van der Waals surface area contributed by atoms with Crippen LogP contribution in [0.25, 0.3) is 11.1 Å². The molecule has 3 aromatic carbocycles. The molecule has 1 N–H and O–H groups in total. The minimum atomic E-state index is -0.0318. The van der Waals surface area contributed by atoms with Crippen LogP contribution in [0.15, 0.2) is 72.8 Å². The maximum absolute atomic E-state index is 9.70. The van der Waals surface area contributed by atoms with E-state index < -0.39 is 0 Å². The molecule has 1 nitrogen and oxygen atoms in total. The molecule has 110 valence electrons. The number of phenolic OH excluding ortho intramolecular Hbond substituents is 1. The lowest BCUT2D eigenvalue weighted by Gasteiger charge is -2.17. The first-order chi connectivity index (χ1) is 10.7. The van der Waals surface area contributed by atoms with Crippen molar-refractivity contribution in [1.29, 1.82) is 0 Å². The van der Waals surface area contributed by atoms with Gasteiger partial charge in [-0.05, 0) is 40.8 Å². The highest BCUT2D eigenvalue weighted by atomic mass is 32.1. The monoisotopic (exact) mass is 306 g/mol. The second-order valence-electron chi connectivity index (χ2n) is 5.40. The van der Waals surface area contributed by atoms with Gasteiger partial charge in [0.2, 0.25) is 0 Å². The molecule has 0 aliphatic rings. The maximum atomic E-state index is 9.70. The average molecular weight is 306 g/mol. The smallest absolute Gasteiger partial charge is 0.118 e. The van der Waals surface area contributed by atoms with E-state index in [0.717, 1.165) is 11.1 Å². The second kappa shape index (κ2) is 6.29. The van der Waals surface area contributed by atoms with Gasteiger partial charge in [-0.3, -0.25) is 0 Å². The van der Waals surface area contributed by atoms with E-state index in [4.69, 9.17) is 12.6 Å². The fourth-order valence-corrected chi connectivity index (χ4v) is 3.03. The van der Waals surface area contributed by atoms with Gasteiger partial charge in [-0.2, -0.15) is 12.6 Å². The van der Waals surface area contributed by atoms with E-state index in [2.05, 4.69) is 30.3 Å². The van der Waals surface area contributed by atoms with Crippen molar-refractivity contribution in [3.05, 3.63) is 89.5 Å². The third-order valence-electron chi connectivity index (χ3n) is 3.88. The van der Waals surface area contributed by atoms with Gasteiger partial charge in [-0.15, -0.1) is 0 Å². The third kappa shape index (κ3) is 2.88. The fourth-order valence-electron chi connectivity index (χ4n) is 2.64. The lowest BCUT2D eigenvalue weighted by atomic mass is 9.94. The molecule has 0 saturated carbocycles. The number of benzene rings is 3. The summed E-state index contributed by atoms with van der Waals surface area (Å²) in [6.45, 7) is 1.91. The highest BCUT2D eigenvalue weighted by molar-refractivity contribution is 7.80. The van der Waals surface area contributed by atoms with Crippen molar-refractivity contribution < 1.29 is 5.11 Å². The first-order valence-corrected chi connectivity index (χ1v) is 7.80. The fraction of sp³-hybridized carbons (Fsp3) is 0.100. The van der Waals surface area contributed by atoms with Crippen LogP contribution in [0, 0.1) is 6.92 Å². The number of aromatic hydroxyl groups is 1. The van der Waals surface area contributed by atoms with Crippen molar-refractivity contribution in [2.45, 2.75) is 12.2 Å². The van der Waals surface area contributed by atoms with Crippen molar-refractivity contribution in [3.63, 3.8) is 0 Å². The Kier molecular flexibility index (Phi) is 4.21. The van der Waals surface area contributed by atoms with E-state index in [0.29, 0.717) is 5.75 Å². The zero-order valence-electron chi connectivity index (χ0n) is 12.4. The van der Waals surface area contributed by atoms with Crippen molar-refractivity contribution in [3.8, 4) is 16.9 Å². The molecule has 1 unspecified atom stereocenters. The molecule has 0 heterocycles. The molecule has 0 bridgehead atoms. The Hall–Kier alpha value is -2.19. The summed E-state index contributed by atoms with van der Waals surface area (Å²) in [5.74, 6) is 0.320. The molecule has 0 fully saturated rings. The molecule has 0 aliphatic carbocycles. The van der Waals surface area contributed by atoms with E-state index in [1.54, 1.807) is 6.07 Å². The number of rotatable bonds is 3. The SMILES string of the molecule is Cc1cc(C(S)c2ccccc2-c2ccccc2)ccc1O. The Balaban J connectivity index is 2.06. The summed E-state index contributed by atoms with van der Waals surface area (Å²) in [6, 6.07) is 24.3. The third-order valence-corrected chi connectivity index (χ3v) is 4.45. The van der Waals surface area contributed by atoms with Gasteiger partial charge in [0.1, 0.15) is 5.75 Å². The van der Waals surface area contributed by atoms with E-state index in [-0.39, 0.29) is 5.25 Å². The van der Waals surface area contributed by atoms with E-state index >= 15 is 0 Å². The molecular formula is C20H18OS. The maximum Gasteiger partial charge on any atom is 0.118 e. The van der Waals surface area contributed by atoms with Gasteiger partial charge in [0.15, 0.2) is 0 Å². The van der Waals surface area contributed by atoms with Crippen LogP contribution in [0.4, 0.5) is 0 Å². The lowest BCUT2D eigenvalue weighted by Crippen LogP contribution is -1.97. The van der Waals surface area contributed by atoms with E-state index in [1.165, 1.54) is 16.7 Å². The molecule has 0 aromatic heterocycles. The van der Waals surface area contributed by atoms with E-state index in [9.17, 15) is 5.11 Å². The molecule has 22 heavy (non-hydrogen) atoms. The van der Waals surface area contributed by atoms with Crippen LogP contribution in [0.2, 0.25) is 0 Å². The molecule has 3 aromatic rings. The van der Waals surface area contributed by atoms with Crippen molar-refractivity contribution in [2.75, 3.05) is 0 Å². The van der Waals surface area contributed by atoms with Gasteiger partial charge >= 0.3 is 0 Å². The minimum absolute atomic E-state index is 0.0318. The average Bonchev–Trinajstić information content (AvgIpc) is 2.57. The molecule has 0 aliphatic heterocycles. The molecule has 0 radical (unpaired) electrons. The number of thiol groups is 1. The topological polar surface area (TPSA) is 20.2 Å². The Morgan fingerprint density at radius 3 is 2.27 bits per heavy atom. The van der Waals surface area contributed by atoms with Crippen LogP contribution in [0.1, 0.15) is 21.9 Å². The summed E-state index contributed by atoms with van der Waals surface area (Å²) in [7, 11) is 0. The Labute approximate surface area is 136 Å². The van der Waals surface area contributed by atoms with Crippen LogP contribution in [0.3, 0.4) is 0 Å². The normalized spacial score (nSPS) is 12.1. The summed E-state index contributed by atoms with van der Waals surface area (Å²) in [4.78, 5) is 0. The molecule has 2 heteroatoms. The van der Waals surface area contributed by atoms with Crippen molar-refractivity contribution in [1.82, 2.24) is 0 Å². The van der Waals surface area contributed by atoms with Crippen LogP contribution < -0.4 is 0 Å². The van der Waals surface area contributed by atoms with Gasteiger partial charge in [0.05, 0.1) is 5.25 Å². The zero-order valence-corrected chi connectivity index (χ0v) is 13.3. The standard InChI is InChI=1S/C20H18OS/c1-14-13-16(11-12-19(14)21)20(22)18-10-6-5-9-17(18)15-7-3-2-4-8-15/h2-13,20-22H,1H3. The van der Waals surface area contributed by atoms with E-state index in [1.807, 2.05) is 43.3 Å². The molecule has 3 rings (SSSR count). The largest absolute Gasteiger partial charge is 0.508 e. The predicted octanol–water partition coefficient (Wildman–Crippen LogP) is 5.39. The summed E-state index contributed by atoms with van der Waals surface area (Å²) in [5.41, 5.74) is 5.50. The van der Waals surface area contributed by atoms with Crippen LogP contribution in [0.5, 0.6) is 5.75 Å². The van der Waals surface area contributed by atoms with Crippen LogP contribution >= 0.6 is 12.6 Å². The van der Waals surface area contributed by atoms with Gasteiger partial charge in [0, 0.05) is 0 Å². The number of hydrogen-bond acceptors (Lipinski definition) is 2. The number of aryl methyl sites for hydroxylation is 1. The molecular weight excluding hydrogens is 288 g/mol. The molecule has 0 amide bonds. The lowest BCUT2D eigenvalue weighted by molar-refractivity contribution is 0.471. The van der Waals surface area contributed by atoms with Gasteiger partial charge in [0.25, 0.3) is 0 Å². The molecule has 0 spiro atoms. The summed E-state index contributed by atoms with van der Waals surface area (Å²) >= 11 is 4.83. The molecule has 1 atom stereocenters. The van der Waals surface area contributed by atoms with Crippen LogP contribution in [-0.2, 0) is 0 Å². The van der Waals surface area contributed by atoms with Crippen LogP contribution in [-0.4, -0.2) is 5.11 Å². The second-order valence-corrected chi connectivity index (χ2v) is 5.92. The quantitative estimate of drug-likeness (QED) is 0.622. The highest BCUT2D eigenvalue weighted by Gasteiger charge is 2.15. The van der Waals surface area contributed by atoms with Crippen molar-refractivity contribution in [2.24, 2.45) is 0 Å². The first-order valence-electron chi connectivity index (χ1n) is 7.29. The highest BCUT2D eigenvalue weighted by Crippen LogP contribution is 2.36. The zero-order chi connectivity index (χ0) is 15.5. The minimum Gasteiger partial charge on any atom is -0.508 e. The van der Waals surface area contributed by atoms with Gasteiger partial charge in [-0.1, -0.05) is 66.7 Å². The Morgan fingerprint density at radius 2 is 1.55 bits per heavy atom.